The average molecular weight is 649 g/mol. The number of nitrogens with zero attached hydrogens (tertiary/aromatic N) is 2. The molecule has 2 heterocycles. The highest BCUT2D eigenvalue weighted by Gasteiger charge is 2.45. The van der Waals surface area contributed by atoms with Gasteiger partial charge in [-0.2, -0.15) is 0 Å². The van der Waals surface area contributed by atoms with Crippen molar-refractivity contribution in [2.75, 3.05) is 30.0 Å². The Balaban J connectivity index is 1.83. The molecule has 2 aromatic rings. The number of rotatable bonds is 11. The Morgan fingerprint density at radius 3 is 1.94 bits per heavy atom. The average Bonchev–Trinajstić information content (AvgIpc) is 3.40. The summed E-state index contributed by atoms with van der Waals surface area (Å²) in [7, 11) is 0. The molecule has 2 fully saturated rings. The van der Waals surface area contributed by atoms with Crippen molar-refractivity contribution in [3.8, 4) is 0 Å². The van der Waals surface area contributed by atoms with Crippen LogP contribution in [0.25, 0.3) is 0 Å². The summed E-state index contributed by atoms with van der Waals surface area (Å²) < 4.78 is 18.7. The van der Waals surface area contributed by atoms with Crippen molar-refractivity contribution in [1.29, 1.82) is 0 Å². The molecule has 2 saturated carbocycles. The van der Waals surface area contributed by atoms with E-state index in [0.717, 1.165) is 64.2 Å². The molecule has 0 bridgehead atoms. The number of anilines is 2. The number of urea groups is 1. The molecule has 1 atom stereocenters. The lowest BCUT2D eigenvalue weighted by Crippen LogP contribution is -2.49. The van der Waals surface area contributed by atoms with Crippen LogP contribution in [0.5, 0.6) is 0 Å². The monoisotopic (exact) mass is 648 g/mol. The maximum Gasteiger partial charge on any atom is 0.342 e. The van der Waals surface area contributed by atoms with Crippen LogP contribution in [0.2, 0.25) is 0 Å². The second-order valence-corrected chi connectivity index (χ2v) is 12.4. The van der Waals surface area contributed by atoms with Crippen molar-refractivity contribution >= 4 is 35.6 Å². The molecule has 2 amide bonds. The number of benzene rings is 1. The SMILES string of the molecule is CCOC(=O)C1=C(C)N(c2c(C(=O)OCC)c(C(=O)OCC)c(NC3CCCCC3)n2C2CCCCC2)C(=O)NC1c1ccccc1. The lowest BCUT2D eigenvalue weighted by molar-refractivity contribution is -0.139. The van der Waals surface area contributed by atoms with Crippen LogP contribution in [0.1, 0.15) is 130 Å². The predicted octanol–water partition coefficient (Wildman–Crippen LogP) is 7.20. The van der Waals surface area contributed by atoms with Crippen LogP contribution in [0, 0.1) is 0 Å². The Labute approximate surface area is 277 Å². The van der Waals surface area contributed by atoms with Gasteiger partial charge in [-0.05, 0) is 58.9 Å². The van der Waals surface area contributed by atoms with Crippen LogP contribution in [-0.2, 0) is 19.0 Å². The standard InChI is InChI=1S/C36H48N4O7/c1-5-45-33(41)27-23(4)39(36(44)38-30(27)24-17-11-8-12-18-24)32-29(35(43)47-7-3)28(34(42)46-6-2)31(37-25-19-13-9-14-20-25)40(32)26-21-15-10-16-22-26/h8,11-12,17-18,25-26,30,37H,5-7,9-10,13-16,19-22H2,1-4H3,(H,38,44). The molecule has 0 saturated heterocycles. The quantitative estimate of drug-likeness (QED) is 0.193. The van der Waals surface area contributed by atoms with Gasteiger partial charge < -0.3 is 29.4 Å². The molecule has 1 aromatic carbocycles. The third-order valence-corrected chi connectivity index (χ3v) is 9.35. The van der Waals surface area contributed by atoms with E-state index in [1.54, 1.807) is 27.7 Å². The number of carbonyl (C=O) groups is 4. The Morgan fingerprint density at radius 2 is 1.34 bits per heavy atom. The first-order chi connectivity index (χ1) is 22.8. The number of hydrogen-bond donors (Lipinski definition) is 2. The summed E-state index contributed by atoms with van der Waals surface area (Å²) in [5.41, 5.74) is 1.26. The Hall–Kier alpha value is -4.28. The lowest BCUT2D eigenvalue weighted by atomic mass is 9.94. The molecule has 47 heavy (non-hydrogen) atoms. The molecule has 1 unspecified atom stereocenters. The number of carbonyl (C=O) groups excluding carboxylic acids is 4. The van der Waals surface area contributed by atoms with E-state index in [9.17, 15) is 19.2 Å². The molecule has 0 spiro atoms. The van der Waals surface area contributed by atoms with E-state index in [0.29, 0.717) is 17.1 Å². The van der Waals surface area contributed by atoms with Gasteiger partial charge in [0.15, 0.2) is 0 Å². The third-order valence-electron chi connectivity index (χ3n) is 9.35. The van der Waals surface area contributed by atoms with E-state index in [1.165, 1.54) is 4.90 Å². The van der Waals surface area contributed by atoms with Gasteiger partial charge in [0.1, 0.15) is 22.8 Å². The van der Waals surface area contributed by atoms with Gasteiger partial charge in [-0.25, -0.2) is 19.2 Å². The minimum absolute atomic E-state index is 0.0509. The first kappa shape index (κ1) is 34.1. The molecule has 254 valence electrons. The van der Waals surface area contributed by atoms with Crippen LogP contribution in [0.15, 0.2) is 41.6 Å². The van der Waals surface area contributed by atoms with Crippen molar-refractivity contribution in [3.63, 3.8) is 0 Å². The van der Waals surface area contributed by atoms with Crippen LogP contribution in [0.4, 0.5) is 16.4 Å². The van der Waals surface area contributed by atoms with Gasteiger partial charge in [-0.3, -0.25) is 4.90 Å². The third kappa shape index (κ3) is 7.04. The molecular weight excluding hydrogens is 600 g/mol. The minimum Gasteiger partial charge on any atom is -0.463 e. The Kier molecular flexibility index (Phi) is 11.3. The Morgan fingerprint density at radius 1 is 0.787 bits per heavy atom. The highest BCUT2D eigenvalue weighted by atomic mass is 16.5. The summed E-state index contributed by atoms with van der Waals surface area (Å²) in [5.74, 6) is -1.33. The van der Waals surface area contributed by atoms with Crippen molar-refractivity contribution in [2.45, 2.75) is 110 Å². The molecule has 11 nitrogen and oxygen atoms in total. The van der Waals surface area contributed by atoms with E-state index < -0.39 is 30.0 Å². The largest absolute Gasteiger partial charge is 0.463 e. The van der Waals surface area contributed by atoms with E-state index in [2.05, 4.69) is 10.6 Å². The Bertz CT molecular complexity index is 1490. The topological polar surface area (TPSA) is 128 Å². The first-order valence-electron chi connectivity index (χ1n) is 17.2. The number of nitrogens with one attached hydrogen (secondary N) is 2. The van der Waals surface area contributed by atoms with Crippen molar-refractivity contribution < 1.29 is 33.4 Å². The minimum atomic E-state index is -0.785. The molecule has 5 rings (SSSR count). The number of amides is 2. The number of allylic oxidation sites excluding steroid dienone is 1. The smallest absolute Gasteiger partial charge is 0.342 e. The van der Waals surface area contributed by atoms with Gasteiger partial charge in [0.05, 0.1) is 31.4 Å². The van der Waals surface area contributed by atoms with Gasteiger partial charge in [-0.15, -0.1) is 0 Å². The van der Waals surface area contributed by atoms with E-state index in [-0.39, 0.29) is 54.4 Å². The second kappa shape index (κ2) is 15.5. The highest BCUT2D eigenvalue weighted by molar-refractivity contribution is 6.14. The summed E-state index contributed by atoms with van der Waals surface area (Å²) in [4.78, 5) is 57.4. The van der Waals surface area contributed by atoms with Crippen molar-refractivity contribution in [3.05, 3.63) is 58.3 Å². The fourth-order valence-electron chi connectivity index (χ4n) is 7.24. The van der Waals surface area contributed by atoms with Gasteiger partial charge in [0.2, 0.25) is 0 Å². The molecular formula is C36H48N4O7. The molecule has 3 aliphatic rings. The number of aromatic nitrogens is 1. The fourth-order valence-corrected chi connectivity index (χ4v) is 7.24. The van der Waals surface area contributed by atoms with Crippen molar-refractivity contribution in [2.24, 2.45) is 0 Å². The fraction of sp³-hybridized carbons (Fsp3) is 0.556. The second-order valence-electron chi connectivity index (χ2n) is 12.4. The van der Waals surface area contributed by atoms with E-state index >= 15 is 0 Å². The zero-order valence-corrected chi connectivity index (χ0v) is 28.1. The van der Waals surface area contributed by atoms with Gasteiger partial charge in [0.25, 0.3) is 0 Å². The maximum atomic E-state index is 14.4. The number of ether oxygens (including phenoxy) is 3. The molecule has 2 aliphatic carbocycles. The van der Waals surface area contributed by atoms with Crippen LogP contribution in [-0.4, -0.2) is 54.4 Å². The van der Waals surface area contributed by atoms with Crippen LogP contribution in [0.3, 0.4) is 0 Å². The molecule has 1 aromatic heterocycles. The maximum absolute atomic E-state index is 14.4. The zero-order valence-electron chi connectivity index (χ0n) is 28.1. The highest BCUT2D eigenvalue weighted by Crippen LogP contribution is 2.46. The summed E-state index contributed by atoms with van der Waals surface area (Å²) in [6.45, 7) is 7.13. The summed E-state index contributed by atoms with van der Waals surface area (Å²) in [6, 6.07) is 7.85. The molecule has 2 N–H and O–H groups in total. The van der Waals surface area contributed by atoms with Gasteiger partial charge >= 0.3 is 23.9 Å². The first-order valence-corrected chi connectivity index (χ1v) is 17.2. The summed E-state index contributed by atoms with van der Waals surface area (Å²) in [5, 5.41) is 6.68. The normalized spacial score (nSPS) is 19.3. The van der Waals surface area contributed by atoms with Gasteiger partial charge in [0, 0.05) is 17.8 Å². The zero-order chi connectivity index (χ0) is 33.5. The number of esters is 3. The number of hydrogen-bond acceptors (Lipinski definition) is 8. The molecule has 1 aliphatic heterocycles. The van der Waals surface area contributed by atoms with Crippen molar-refractivity contribution in [1.82, 2.24) is 9.88 Å². The molecule has 0 radical (unpaired) electrons. The molecule has 11 heteroatoms. The predicted molar refractivity (Wildman–Crippen MR) is 178 cm³/mol. The summed E-state index contributed by atoms with van der Waals surface area (Å²) >= 11 is 0. The van der Waals surface area contributed by atoms with Crippen LogP contribution >= 0.6 is 0 Å². The van der Waals surface area contributed by atoms with Crippen LogP contribution < -0.4 is 15.5 Å². The summed E-state index contributed by atoms with van der Waals surface area (Å²) in [6.07, 6.45) is 9.64. The van der Waals surface area contributed by atoms with E-state index in [1.807, 2.05) is 34.9 Å². The lowest BCUT2D eigenvalue weighted by Gasteiger charge is -2.38. The van der Waals surface area contributed by atoms with Gasteiger partial charge in [-0.1, -0.05) is 68.9 Å². The van der Waals surface area contributed by atoms with E-state index in [4.69, 9.17) is 14.2 Å².